The highest BCUT2D eigenvalue weighted by Gasteiger charge is 2.38. The van der Waals surface area contributed by atoms with Gasteiger partial charge in [0.05, 0.1) is 20.1 Å². The number of phenolic OH excluding ortho intramolecular Hbond substituents is 4. The molecule has 4 N–H and O–H groups in total. The molecule has 34 heavy (non-hydrogen) atoms. The van der Waals surface area contributed by atoms with Gasteiger partial charge in [-0.1, -0.05) is 70.7 Å². The van der Waals surface area contributed by atoms with Crippen molar-refractivity contribution >= 4 is 46.4 Å². The van der Waals surface area contributed by atoms with Crippen molar-refractivity contribution < 1.29 is 20.4 Å². The summed E-state index contributed by atoms with van der Waals surface area (Å²) in [6.07, 6.45) is 0.302. The molecule has 0 spiro atoms. The second-order valence-corrected chi connectivity index (χ2v) is 9.50. The minimum atomic E-state index is -1.01. The van der Waals surface area contributed by atoms with Crippen LogP contribution in [0.1, 0.15) is 22.3 Å². The molecule has 4 rings (SSSR count). The molecule has 0 fully saturated rings. The van der Waals surface area contributed by atoms with Crippen LogP contribution in [0.2, 0.25) is 20.1 Å². The van der Waals surface area contributed by atoms with Crippen LogP contribution in [0.25, 0.3) is 0 Å². The first-order valence-electron chi connectivity index (χ1n) is 10.1. The molecular formula is C26H18Cl4O4. The van der Waals surface area contributed by atoms with Crippen LogP contribution in [0.4, 0.5) is 0 Å². The van der Waals surface area contributed by atoms with E-state index in [9.17, 15) is 20.4 Å². The van der Waals surface area contributed by atoms with Crippen molar-refractivity contribution in [3.05, 3.63) is 115 Å². The largest absolute Gasteiger partial charge is 0.506 e. The molecule has 4 aromatic rings. The van der Waals surface area contributed by atoms with Crippen LogP contribution in [0.5, 0.6) is 23.0 Å². The van der Waals surface area contributed by atoms with E-state index in [0.29, 0.717) is 23.1 Å². The number of hydrogen-bond acceptors (Lipinski definition) is 4. The Morgan fingerprint density at radius 1 is 0.471 bits per heavy atom. The molecule has 0 saturated carbocycles. The summed E-state index contributed by atoms with van der Waals surface area (Å²) >= 11 is 25.2. The number of benzene rings is 4. The Labute approximate surface area is 216 Å². The van der Waals surface area contributed by atoms with Gasteiger partial charge in [0, 0.05) is 5.41 Å². The fourth-order valence-electron chi connectivity index (χ4n) is 4.09. The summed E-state index contributed by atoms with van der Waals surface area (Å²) in [7, 11) is 0. The van der Waals surface area contributed by atoms with Gasteiger partial charge in [0.25, 0.3) is 0 Å². The van der Waals surface area contributed by atoms with E-state index in [1.807, 2.05) is 0 Å². The quantitative estimate of drug-likeness (QED) is 0.197. The van der Waals surface area contributed by atoms with Gasteiger partial charge >= 0.3 is 0 Å². The number of phenols is 4. The Balaban J connectivity index is 2.10. The van der Waals surface area contributed by atoms with E-state index in [1.165, 1.54) is 24.3 Å². The van der Waals surface area contributed by atoms with E-state index in [1.54, 1.807) is 48.5 Å². The van der Waals surface area contributed by atoms with E-state index in [4.69, 9.17) is 46.4 Å². The van der Waals surface area contributed by atoms with Crippen molar-refractivity contribution in [1.82, 2.24) is 0 Å². The first kappa shape index (κ1) is 24.4. The Bertz CT molecular complexity index is 1260. The fraction of sp³-hybridized carbons (Fsp3) is 0.0769. The predicted molar refractivity (Wildman–Crippen MR) is 136 cm³/mol. The highest BCUT2D eigenvalue weighted by atomic mass is 35.5. The average molecular weight is 536 g/mol. The van der Waals surface area contributed by atoms with Crippen LogP contribution < -0.4 is 0 Å². The molecule has 0 unspecified atom stereocenters. The second kappa shape index (κ2) is 9.47. The summed E-state index contributed by atoms with van der Waals surface area (Å²) < 4.78 is 0. The van der Waals surface area contributed by atoms with E-state index < -0.39 is 5.41 Å². The lowest BCUT2D eigenvalue weighted by Gasteiger charge is -2.37. The Hall–Kier alpha value is -2.76. The Morgan fingerprint density at radius 3 is 1.12 bits per heavy atom. The van der Waals surface area contributed by atoms with E-state index >= 15 is 0 Å². The minimum absolute atomic E-state index is 0.0518. The first-order valence-corrected chi connectivity index (χ1v) is 11.6. The lowest BCUT2D eigenvalue weighted by atomic mass is 9.66. The van der Waals surface area contributed by atoms with Gasteiger partial charge in [-0.3, -0.25) is 0 Å². The summed E-state index contributed by atoms with van der Waals surface area (Å²) in [5, 5.41) is 40.8. The first-order chi connectivity index (χ1) is 16.1. The van der Waals surface area contributed by atoms with E-state index in [0.717, 1.165) is 5.56 Å². The van der Waals surface area contributed by atoms with Crippen molar-refractivity contribution in [2.75, 3.05) is 0 Å². The van der Waals surface area contributed by atoms with Crippen LogP contribution in [-0.2, 0) is 11.8 Å². The third kappa shape index (κ3) is 4.47. The normalized spacial score (nSPS) is 11.5. The van der Waals surface area contributed by atoms with Crippen LogP contribution in [0.15, 0.2) is 72.8 Å². The maximum atomic E-state index is 10.1. The highest BCUT2D eigenvalue weighted by molar-refractivity contribution is 6.33. The van der Waals surface area contributed by atoms with Gasteiger partial charge in [-0.25, -0.2) is 0 Å². The van der Waals surface area contributed by atoms with Crippen molar-refractivity contribution in [2.45, 2.75) is 11.8 Å². The van der Waals surface area contributed by atoms with Crippen LogP contribution in [-0.4, -0.2) is 20.4 Å². The van der Waals surface area contributed by atoms with Gasteiger partial charge < -0.3 is 20.4 Å². The molecule has 0 aliphatic rings. The predicted octanol–water partition coefficient (Wildman–Crippen LogP) is 7.70. The van der Waals surface area contributed by atoms with Gasteiger partial charge in [0.2, 0.25) is 0 Å². The van der Waals surface area contributed by atoms with Gasteiger partial charge in [0.15, 0.2) is 0 Å². The molecule has 0 heterocycles. The molecular weight excluding hydrogens is 518 g/mol. The highest BCUT2D eigenvalue weighted by Crippen LogP contribution is 2.47. The third-order valence-electron chi connectivity index (χ3n) is 5.80. The molecule has 0 saturated heterocycles. The summed E-state index contributed by atoms with van der Waals surface area (Å²) in [5.74, 6) is -0.303. The number of rotatable bonds is 5. The molecule has 0 amide bonds. The van der Waals surface area contributed by atoms with E-state index in [2.05, 4.69) is 0 Å². The topological polar surface area (TPSA) is 80.9 Å². The van der Waals surface area contributed by atoms with E-state index in [-0.39, 0.29) is 43.1 Å². The zero-order valence-electron chi connectivity index (χ0n) is 17.4. The molecule has 0 bridgehead atoms. The van der Waals surface area contributed by atoms with Gasteiger partial charge in [-0.2, -0.15) is 0 Å². The van der Waals surface area contributed by atoms with Crippen molar-refractivity contribution in [2.24, 2.45) is 0 Å². The lowest BCUT2D eigenvalue weighted by Crippen LogP contribution is -2.32. The fourth-order valence-corrected chi connectivity index (χ4v) is 4.83. The maximum Gasteiger partial charge on any atom is 0.134 e. The van der Waals surface area contributed by atoms with Crippen LogP contribution in [0.3, 0.4) is 0 Å². The molecule has 4 nitrogen and oxygen atoms in total. The van der Waals surface area contributed by atoms with Gasteiger partial charge in [0.1, 0.15) is 23.0 Å². The summed E-state index contributed by atoms with van der Waals surface area (Å²) in [4.78, 5) is 0. The second-order valence-electron chi connectivity index (χ2n) is 7.87. The van der Waals surface area contributed by atoms with Crippen LogP contribution >= 0.6 is 46.4 Å². The molecule has 0 aliphatic carbocycles. The monoisotopic (exact) mass is 534 g/mol. The number of halogens is 4. The van der Waals surface area contributed by atoms with Gasteiger partial charge in [-0.05, 0) is 77.2 Å². The zero-order chi connectivity index (χ0) is 24.6. The number of hydrogen-bond donors (Lipinski definition) is 4. The molecule has 0 atom stereocenters. The molecule has 174 valence electrons. The molecule has 0 radical (unpaired) electrons. The average Bonchev–Trinajstić information content (AvgIpc) is 2.80. The lowest BCUT2D eigenvalue weighted by molar-refractivity contribution is 0.472. The number of aromatic hydroxyl groups is 4. The smallest absolute Gasteiger partial charge is 0.134 e. The van der Waals surface area contributed by atoms with Gasteiger partial charge in [-0.15, -0.1) is 0 Å². The Kier molecular flexibility index (Phi) is 6.79. The van der Waals surface area contributed by atoms with Crippen molar-refractivity contribution in [3.63, 3.8) is 0 Å². The maximum absolute atomic E-state index is 10.1. The summed E-state index contributed by atoms with van der Waals surface area (Å²) in [6.45, 7) is 0. The summed E-state index contributed by atoms with van der Waals surface area (Å²) in [6, 6.07) is 19.4. The molecule has 4 aromatic carbocycles. The third-order valence-corrected chi connectivity index (χ3v) is 7.01. The standard InChI is InChI=1S/C26H18Cl4O4/c27-18-9-14(1-5-22(18)31)13-26(15-2-6-23(32)19(28)10-15,16-3-7-24(33)20(29)11-16)17-4-8-25(34)21(30)12-17/h1-12,31-34H,13H2. The molecule has 8 heteroatoms. The van der Waals surface area contributed by atoms with Crippen molar-refractivity contribution in [3.8, 4) is 23.0 Å². The zero-order valence-corrected chi connectivity index (χ0v) is 20.5. The minimum Gasteiger partial charge on any atom is -0.506 e. The molecule has 0 aromatic heterocycles. The Morgan fingerprint density at radius 2 is 0.794 bits per heavy atom. The van der Waals surface area contributed by atoms with Crippen molar-refractivity contribution in [1.29, 1.82) is 0 Å². The SMILES string of the molecule is Oc1ccc(CC(c2ccc(O)c(Cl)c2)(c2ccc(O)c(Cl)c2)c2ccc(O)c(Cl)c2)cc1Cl. The molecule has 0 aliphatic heterocycles. The summed E-state index contributed by atoms with van der Waals surface area (Å²) in [5.41, 5.74) is 1.81. The van der Waals surface area contributed by atoms with Crippen LogP contribution in [0, 0.1) is 0 Å².